The van der Waals surface area contributed by atoms with Crippen molar-refractivity contribution in [3.05, 3.63) is 0 Å². The molecule has 3 saturated heterocycles. The minimum atomic E-state index is -0.567. The van der Waals surface area contributed by atoms with Crippen molar-refractivity contribution < 1.29 is 19.1 Å². The molecule has 122 valence electrons. The third-order valence-electron chi connectivity index (χ3n) is 5.24. The molecule has 0 bridgehead atoms. The van der Waals surface area contributed by atoms with Crippen LogP contribution in [0.2, 0.25) is 0 Å². The first-order valence-corrected chi connectivity index (χ1v) is 8.05. The van der Waals surface area contributed by atoms with Gasteiger partial charge in [0, 0.05) is 32.7 Å². The Kier molecular flexibility index (Phi) is 4.33. The summed E-state index contributed by atoms with van der Waals surface area (Å²) in [4.78, 5) is 36.6. The molecule has 3 fully saturated rings. The van der Waals surface area contributed by atoms with E-state index in [4.69, 9.17) is 4.74 Å². The fourth-order valence-electron chi connectivity index (χ4n) is 3.62. The lowest BCUT2D eigenvalue weighted by Gasteiger charge is -2.44. The van der Waals surface area contributed by atoms with Crippen LogP contribution < -0.4 is 10.6 Å². The van der Waals surface area contributed by atoms with Gasteiger partial charge in [-0.2, -0.15) is 0 Å². The quantitative estimate of drug-likeness (QED) is 0.738. The van der Waals surface area contributed by atoms with E-state index in [1.165, 1.54) is 0 Å². The van der Waals surface area contributed by atoms with Gasteiger partial charge in [-0.3, -0.25) is 14.9 Å². The summed E-state index contributed by atoms with van der Waals surface area (Å²) in [6.45, 7) is 3.26. The first-order valence-electron chi connectivity index (χ1n) is 8.05. The van der Waals surface area contributed by atoms with E-state index < -0.39 is 12.1 Å². The van der Waals surface area contributed by atoms with Crippen LogP contribution in [0.15, 0.2) is 0 Å². The van der Waals surface area contributed by atoms with E-state index in [-0.39, 0.29) is 11.8 Å². The Hall–Kier alpha value is -1.63. The molecular formula is C15H23N3O4. The summed E-state index contributed by atoms with van der Waals surface area (Å²) in [5.41, 5.74) is 0.369. The lowest BCUT2D eigenvalue weighted by Crippen LogP contribution is -2.45. The van der Waals surface area contributed by atoms with Gasteiger partial charge in [0.15, 0.2) is 0 Å². The van der Waals surface area contributed by atoms with Gasteiger partial charge in [-0.25, -0.2) is 4.79 Å². The molecule has 1 atom stereocenters. The molecule has 4 amide bonds. The number of nitrogens with zero attached hydrogens (tertiary/aromatic N) is 1. The number of urea groups is 1. The summed E-state index contributed by atoms with van der Waals surface area (Å²) in [6.07, 6.45) is 4.96. The molecule has 7 nitrogen and oxygen atoms in total. The first kappa shape index (κ1) is 15.3. The van der Waals surface area contributed by atoms with Gasteiger partial charge in [0.25, 0.3) is 5.91 Å². The second kappa shape index (κ2) is 6.24. The molecular weight excluding hydrogens is 286 g/mol. The van der Waals surface area contributed by atoms with Gasteiger partial charge >= 0.3 is 6.03 Å². The van der Waals surface area contributed by atoms with Crippen molar-refractivity contribution >= 4 is 17.8 Å². The molecule has 3 aliphatic rings. The van der Waals surface area contributed by atoms with Crippen LogP contribution in [0.5, 0.6) is 0 Å². The predicted molar refractivity (Wildman–Crippen MR) is 78.0 cm³/mol. The average molecular weight is 309 g/mol. The van der Waals surface area contributed by atoms with Crippen molar-refractivity contribution in [3.63, 3.8) is 0 Å². The summed E-state index contributed by atoms with van der Waals surface area (Å²) in [5.74, 6) is -0.256. The maximum Gasteiger partial charge on any atom is 0.322 e. The molecule has 1 spiro atoms. The molecule has 2 N–H and O–H groups in total. The van der Waals surface area contributed by atoms with Crippen LogP contribution in [-0.2, 0) is 14.3 Å². The molecule has 0 aromatic heterocycles. The average Bonchev–Trinajstić information content (AvgIpc) is 2.84. The van der Waals surface area contributed by atoms with Crippen LogP contribution in [-0.4, -0.2) is 55.1 Å². The van der Waals surface area contributed by atoms with Crippen LogP contribution in [0.25, 0.3) is 0 Å². The third kappa shape index (κ3) is 3.24. The van der Waals surface area contributed by atoms with Gasteiger partial charge in [0.05, 0.1) is 0 Å². The van der Waals surface area contributed by atoms with Gasteiger partial charge in [-0.15, -0.1) is 0 Å². The molecule has 3 rings (SSSR count). The molecule has 0 unspecified atom stereocenters. The number of hydrogen-bond donors (Lipinski definition) is 2. The van der Waals surface area contributed by atoms with E-state index in [1.54, 1.807) is 0 Å². The summed E-state index contributed by atoms with van der Waals surface area (Å²) >= 11 is 0. The number of likely N-dealkylation sites (tertiary alicyclic amines) is 1. The highest BCUT2D eigenvalue weighted by Gasteiger charge is 2.37. The van der Waals surface area contributed by atoms with Gasteiger partial charge in [-0.05, 0) is 37.5 Å². The van der Waals surface area contributed by atoms with Crippen LogP contribution in [0.3, 0.4) is 0 Å². The zero-order valence-electron chi connectivity index (χ0n) is 12.7. The summed E-state index contributed by atoms with van der Waals surface area (Å²) in [7, 11) is 0. The SMILES string of the molecule is O=C1NC(=O)[C@H](CCC(=O)N2CCC3(CCOCC3)CC2)N1. The minimum absolute atomic E-state index is 0.0795. The number of ether oxygens (including phenoxy) is 1. The highest BCUT2D eigenvalue weighted by molar-refractivity contribution is 6.04. The number of imide groups is 1. The Balaban J connectivity index is 1.44. The smallest absolute Gasteiger partial charge is 0.322 e. The number of amides is 4. The van der Waals surface area contributed by atoms with Crippen LogP contribution in [0, 0.1) is 5.41 Å². The number of carbonyl (C=O) groups is 3. The predicted octanol–water partition coefficient (Wildman–Crippen LogP) is 0.394. The van der Waals surface area contributed by atoms with Crippen molar-refractivity contribution in [2.45, 2.75) is 44.6 Å². The Morgan fingerprint density at radius 1 is 1.18 bits per heavy atom. The number of carbonyl (C=O) groups excluding carboxylic acids is 3. The number of nitrogens with one attached hydrogen (secondary N) is 2. The van der Waals surface area contributed by atoms with E-state index in [2.05, 4.69) is 10.6 Å². The molecule has 7 heteroatoms. The second-order valence-electron chi connectivity index (χ2n) is 6.55. The zero-order valence-corrected chi connectivity index (χ0v) is 12.7. The number of piperidine rings is 1. The normalized spacial score (nSPS) is 27.6. The van der Waals surface area contributed by atoms with Crippen LogP contribution in [0.4, 0.5) is 4.79 Å². The van der Waals surface area contributed by atoms with Crippen molar-refractivity contribution in [3.8, 4) is 0 Å². The third-order valence-corrected chi connectivity index (χ3v) is 5.24. The van der Waals surface area contributed by atoms with E-state index in [1.807, 2.05) is 4.90 Å². The maximum atomic E-state index is 12.3. The van der Waals surface area contributed by atoms with Gasteiger partial charge < -0.3 is 15.0 Å². The van der Waals surface area contributed by atoms with Crippen LogP contribution in [0.1, 0.15) is 38.5 Å². The standard InChI is InChI=1S/C15H23N3O4/c19-12(2-1-11-13(20)17-14(21)16-11)18-7-3-15(4-8-18)5-9-22-10-6-15/h11H,1-10H2,(H2,16,17,20,21)/t11-/m0/s1. The molecule has 0 aliphatic carbocycles. The van der Waals surface area contributed by atoms with E-state index >= 15 is 0 Å². The summed E-state index contributed by atoms with van der Waals surface area (Å²) < 4.78 is 5.43. The van der Waals surface area contributed by atoms with Crippen molar-refractivity contribution in [2.24, 2.45) is 5.41 Å². The lowest BCUT2D eigenvalue weighted by molar-refractivity contribution is -0.135. The zero-order chi connectivity index (χ0) is 15.6. The van der Waals surface area contributed by atoms with Gasteiger partial charge in [0.2, 0.25) is 5.91 Å². The molecule has 3 aliphatic heterocycles. The van der Waals surface area contributed by atoms with Crippen molar-refractivity contribution in [1.82, 2.24) is 15.5 Å². The molecule has 3 heterocycles. The fraction of sp³-hybridized carbons (Fsp3) is 0.800. The highest BCUT2D eigenvalue weighted by Crippen LogP contribution is 2.40. The largest absolute Gasteiger partial charge is 0.381 e. The van der Waals surface area contributed by atoms with Gasteiger partial charge in [0.1, 0.15) is 6.04 Å². The van der Waals surface area contributed by atoms with Crippen LogP contribution >= 0.6 is 0 Å². The van der Waals surface area contributed by atoms with Crippen molar-refractivity contribution in [2.75, 3.05) is 26.3 Å². The molecule has 0 saturated carbocycles. The summed E-state index contributed by atoms with van der Waals surface area (Å²) in [6, 6.07) is -1.04. The Morgan fingerprint density at radius 2 is 1.86 bits per heavy atom. The first-order chi connectivity index (χ1) is 10.6. The summed E-state index contributed by atoms with van der Waals surface area (Å²) in [5, 5.41) is 4.71. The van der Waals surface area contributed by atoms with E-state index in [9.17, 15) is 14.4 Å². The molecule has 22 heavy (non-hydrogen) atoms. The second-order valence-corrected chi connectivity index (χ2v) is 6.55. The molecule has 0 aromatic rings. The Labute approximate surface area is 129 Å². The number of rotatable bonds is 3. The molecule has 0 aromatic carbocycles. The lowest BCUT2D eigenvalue weighted by atomic mass is 9.72. The Bertz CT molecular complexity index is 463. The van der Waals surface area contributed by atoms with E-state index in [0.717, 1.165) is 52.0 Å². The maximum absolute atomic E-state index is 12.3. The number of hydrogen-bond acceptors (Lipinski definition) is 4. The van der Waals surface area contributed by atoms with Gasteiger partial charge in [-0.1, -0.05) is 0 Å². The Morgan fingerprint density at radius 3 is 2.45 bits per heavy atom. The topological polar surface area (TPSA) is 87.7 Å². The highest BCUT2D eigenvalue weighted by atomic mass is 16.5. The van der Waals surface area contributed by atoms with E-state index in [0.29, 0.717) is 18.3 Å². The van der Waals surface area contributed by atoms with Crippen molar-refractivity contribution in [1.29, 1.82) is 0 Å². The minimum Gasteiger partial charge on any atom is -0.381 e. The fourth-order valence-corrected chi connectivity index (χ4v) is 3.62. The monoisotopic (exact) mass is 309 g/mol. The molecule has 0 radical (unpaired) electrons.